The largest absolute Gasteiger partial charge is 0.469 e. The molecule has 0 aromatic heterocycles. The lowest BCUT2D eigenvalue weighted by molar-refractivity contribution is -0.140. The standard InChI is InChI=1S/C30H34O8/c1-15(2)28-23(37-28)24-30(38-24)27(3)10-9-18-19(14-34-25(18)32)20(27)12-21-29(30,36-21)26(28)35-13-17-7-5-16(6-8-17)11-22(31)33-4/h5-8,15,20-21,23-24,26H,9-14H2,1-4H3/t20-,21-,23-,24-,26+,27-,28-,29+,30+/m0/s1. The fourth-order valence-electron chi connectivity index (χ4n) is 9.09. The molecule has 3 aliphatic carbocycles. The summed E-state index contributed by atoms with van der Waals surface area (Å²) in [4.78, 5) is 24.0. The van der Waals surface area contributed by atoms with Crippen molar-refractivity contribution in [3.63, 3.8) is 0 Å². The molecule has 8 heteroatoms. The number of esters is 2. The predicted octanol–water partition coefficient (Wildman–Crippen LogP) is 3.04. The second-order valence-corrected chi connectivity index (χ2v) is 12.8. The van der Waals surface area contributed by atoms with Crippen LogP contribution >= 0.6 is 0 Å². The monoisotopic (exact) mass is 522 g/mol. The average molecular weight is 523 g/mol. The summed E-state index contributed by atoms with van der Waals surface area (Å²) in [6.07, 6.45) is 2.41. The van der Waals surface area contributed by atoms with Gasteiger partial charge in [-0.3, -0.25) is 4.79 Å². The molecule has 0 N–H and O–H groups in total. The van der Waals surface area contributed by atoms with Gasteiger partial charge in [-0.2, -0.15) is 0 Å². The van der Waals surface area contributed by atoms with Gasteiger partial charge in [0.15, 0.2) is 5.60 Å². The Morgan fingerprint density at radius 2 is 1.87 bits per heavy atom. The van der Waals surface area contributed by atoms with Crippen LogP contribution < -0.4 is 0 Å². The molecule has 8 nitrogen and oxygen atoms in total. The Hall–Kier alpha value is -2.26. The van der Waals surface area contributed by atoms with Crippen LogP contribution in [0.4, 0.5) is 0 Å². The van der Waals surface area contributed by atoms with Crippen molar-refractivity contribution < 1.29 is 38.0 Å². The first-order valence-corrected chi connectivity index (χ1v) is 13.9. The van der Waals surface area contributed by atoms with Gasteiger partial charge in [0.1, 0.15) is 36.1 Å². The fraction of sp³-hybridized carbons (Fsp3) is 0.667. The topological polar surface area (TPSA) is 99.4 Å². The van der Waals surface area contributed by atoms with Crippen LogP contribution in [0.5, 0.6) is 0 Å². The fourth-order valence-corrected chi connectivity index (χ4v) is 9.09. The zero-order valence-electron chi connectivity index (χ0n) is 22.3. The molecule has 0 unspecified atom stereocenters. The molecule has 2 spiro atoms. The molecule has 2 saturated carbocycles. The summed E-state index contributed by atoms with van der Waals surface area (Å²) < 4.78 is 37.3. The van der Waals surface area contributed by atoms with Gasteiger partial charge in [-0.05, 0) is 47.8 Å². The highest BCUT2D eigenvalue weighted by atomic mass is 16.8. The molecule has 9 atom stereocenters. The van der Waals surface area contributed by atoms with Gasteiger partial charge in [0.25, 0.3) is 0 Å². The number of methoxy groups -OCH3 is 1. The number of hydrogen-bond acceptors (Lipinski definition) is 8. The van der Waals surface area contributed by atoms with Crippen LogP contribution in [0.3, 0.4) is 0 Å². The molecule has 3 saturated heterocycles. The van der Waals surface area contributed by atoms with Crippen LogP contribution in [0.25, 0.3) is 0 Å². The van der Waals surface area contributed by atoms with E-state index in [9.17, 15) is 9.59 Å². The van der Waals surface area contributed by atoms with Gasteiger partial charge in [0.05, 0.1) is 26.2 Å². The third kappa shape index (κ3) is 2.57. The van der Waals surface area contributed by atoms with Crippen LogP contribution in [0.1, 0.15) is 51.2 Å². The summed E-state index contributed by atoms with van der Waals surface area (Å²) in [6.45, 7) is 7.56. The minimum Gasteiger partial charge on any atom is -0.469 e. The van der Waals surface area contributed by atoms with E-state index in [0.29, 0.717) is 13.2 Å². The average Bonchev–Trinajstić information content (AvgIpc) is 3.81. The minimum atomic E-state index is -0.549. The molecule has 1 aromatic carbocycles. The van der Waals surface area contributed by atoms with E-state index < -0.39 is 16.8 Å². The molecule has 4 aliphatic heterocycles. The summed E-state index contributed by atoms with van der Waals surface area (Å²) in [5.41, 5.74) is 2.35. The Labute approximate surface area is 221 Å². The van der Waals surface area contributed by atoms with E-state index in [1.54, 1.807) is 0 Å². The Kier molecular flexibility index (Phi) is 4.52. The molecular formula is C30H34O8. The number of carbonyl (C=O) groups excluding carboxylic acids is 2. The zero-order valence-corrected chi connectivity index (χ0v) is 22.3. The normalized spacial score (nSPS) is 46.7. The van der Waals surface area contributed by atoms with Gasteiger partial charge >= 0.3 is 11.9 Å². The maximum absolute atomic E-state index is 12.4. The summed E-state index contributed by atoms with van der Waals surface area (Å²) in [6, 6.07) is 7.92. The number of carbonyl (C=O) groups is 2. The van der Waals surface area contributed by atoms with Crippen molar-refractivity contribution in [3.8, 4) is 0 Å². The first-order chi connectivity index (χ1) is 18.2. The predicted molar refractivity (Wildman–Crippen MR) is 132 cm³/mol. The van der Waals surface area contributed by atoms with Crippen LogP contribution in [0.2, 0.25) is 0 Å². The summed E-state index contributed by atoms with van der Waals surface area (Å²) >= 11 is 0. The molecule has 0 amide bonds. The number of epoxide rings is 3. The van der Waals surface area contributed by atoms with Crippen molar-refractivity contribution in [2.24, 2.45) is 17.3 Å². The summed E-state index contributed by atoms with van der Waals surface area (Å²) in [7, 11) is 1.40. The van der Waals surface area contributed by atoms with E-state index in [1.165, 1.54) is 12.7 Å². The lowest BCUT2D eigenvalue weighted by Gasteiger charge is -2.54. The smallest absolute Gasteiger partial charge is 0.334 e. The van der Waals surface area contributed by atoms with Crippen molar-refractivity contribution in [2.75, 3.05) is 13.7 Å². The van der Waals surface area contributed by atoms with Crippen LogP contribution in [0, 0.1) is 17.3 Å². The maximum Gasteiger partial charge on any atom is 0.334 e. The van der Waals surface area contributed by atoms with Gasteiger partial charge in [0, 0.05) is 11.0 Å². The first-order valence-electron chi connectivity index (χ1n) is 13.9. The lowest BCUT2D eigenvalue weighted by atomic mass is 9.46. The third-order valence-electron chi connectivity index (χ3n) is 11.1. The van der Waals surface area contributed by atoms with Crippen molar-refractivity contribution in [2.45, 2.75) is 94.3 Å². The van der Waals surface area contributed by atoms with Gasteiger partial charge in [-0.25, -0.2) is 4.79 Å². The van der Waals surface area contributed by atoms with Crippen LogP contribution in [0.15, 0.2) is 35.4 Å². The Balaban J connectivity index is 1.12. The number of rotatable bonds is 6. The second-order valence-electron chi connectivity index (χ2n) is 12.8. The third-order valence-corrected chi connectivity index (χ3v) is 11.1. The summed E-state index contributed by atoms with van der Waals surface area (Å²) in [5.74, 6) is 0.0498. The van der Waals surface area contributed by atoms with E-state index >= 15 is 0 Å². The number of hydrogen-bond donors (Lipinski definition) is 0. The minimum absolute atomic E-state index is 0.00124. The highest BCUT2D eigenvalue weighted by Gasteiger charge is 3.00. The van der Waals surface area contributed by atoms with Crippen LogP contribution in [-0.4, -0.2) is 66.9 Å². The maximum atomic E-state index is 12.4. The molecule has 4 heterocycles. The number of cyclic esters (lactones) is 1. The van der Waals surface area contributed by atoms with Crippen molar-refractivity contribution in [1.82, 2.24) is 0 Å². The Bertz CT molecular complexity index is 1290. The molecule has 38 heavy (non-hydrogen) atoms. The van der Waals surface area contributed by atoms with Gasteiger partial charge in [-0.1, -0.05) is 45.0 Å². The molecule has 0 bridgehead atoms. The molecule has 0 radical (unpaired) electrons. The van der Waals surface area contributed by atoms with E-state index in [1.807, 2.05) is 24.3 Å². The molecular weight excluding hydrogens is 488 g/mol. The van der Waals surface area contributed by atoms with Gasteiger partial charge < -0.3 is 28.4 Å². The number of fused-ring (bicyclic) bond motifs is 4. The van der Waals surface area contributed by atoms with Crippen molar-refractivity contribution in [3.05, 3.63) is 46.5 Å². The second kappa shape index (κ2) is 7.27. The van der Waals surface area contributed by atoms with Crippen molar-refractivity contribution in [1.29, 1.82) is 0 Å². The highest BCUT2D eigenvalue weighted by molar-refractivity contribution is 5.92. The number of ether oxygens (including phenoxy) is 6. The Morgan fingerprint density at radius 3 is 2.61 bits per heavy atom. The highest BCUT2D eigenvalue weighted by Crippen LogP contribution is 2.83. The number of benzene rings is 1. The van der Waals surface area contributed by atoms with Crippen LogP contribution in [-0.2, 0) is 51.0 Å². The van der Waals surface area contributed by atoms with E-state index in [4.69, 9.17) is 28.4 Å². The zero-order chi connectivity index (χ0) is 26.2. The van der Waals surface area contributed by atoms with E-state index in [-0.39, 0.29) is 60.0 Å². The lowest BCUT2D eigenvalue weighted by Crippen LogP contribution is -2.69. The quantitative estimate of drug-likeness (QED) is 0.415. The molecule has 1 aromatic rings. The van der Waals surface area contributed by atoms with E-state index in [0.717, 1.165) is 36.0 Å². The van der Waals surface area contributed by atoms with Gasteiger partial charge in [0.2, 0.25) is 0 Å². The molecule has 5 fully saturated rings. The summed E-state index contributed by atoms with van der Waals surface area (Å²) in [5, 5.41) is 0. The first kappa shape index (κ1) is 23.6. The molecule has 7 aliphatic rings. The molecule has 8 rings (SSSR count). The Morgan fingerprint density at radius 1 is 1.11 bits per heavy atom. The molecule has 202 valence electrons. The van der Waals surface area contributed by atoms with Gasteiger partial charge in [-0.15, -0.1) is 0 Å². The van der Waals surface area contributed by atoms with E-state index in [2.05, 4.69) is 20.8 Å². The SMILES string of the molecule is COC(=O)Cc1ccc(CO[C@@H]2[C@@]3(C(C)C)O[C@H]3[C@@H]3O[C@]34[C@]23O[C@H]3C[C@H]2C3=C(CC[C@@]24C)C(=O)OC3)cc1. The van der Waals surface area contributed by atoms with Crippen molar-refractivity contribution >= 4 is 11.9 Å².